The van der Waals surface area contributed by atoms with Crippen LogP contribution in [0.1, 0.15) is 19.8 Å². The first-order chi connectivity index (χ1) is 4.76. The number of rotatable bonds is 1. The minimum Gasteiger partial charge on any atom is -0.356 e. The normalized spacial score (nSPS) is 52.2. The predicted octanol–water partition coefficient (Wildman–Crippen LogP) is 1.41. The maximum absolute atomic E-state index is 5.47. The molecule has 2 nitrogen and oxygen atoms in total. The second-order valence-corrected chi connectivity index (χ2v) is 3.71. The van der Waals surface area contributed by atoms with Gasteiger partial charge in [0.1, 0.15) is 0 Å². The molecule has 1 saturated heterocycles. The molecule has 0 amide bonds. The largest absolute Gasteiger partial charge is 0.356 e. The molecule has 58 valence electrons. The predicted molar refractivity (Wildman–Crippen MR) is 37.6 cm³/mol. The van der Waals surface area contributed by atoms with Crippen LogP contribution in [-0.2, 0) is 9.47 Å². The highest BCUT2D eigenvalue weighted by atomic mass is 16.7. The zero-order valence-electron chi connectivity index (χ0n) is 6.59. The molecule has 2 fully saturated rings. The minimum atomic E-state index is 0.0961. The summed E-state index contributed by atoms with van der Waals surface area (Å²) < 4.78 is 10.7. The van der Waals surface area contributed by atoms with E-state index in [0.29, 0.717) is 11.3 Å². The molecule has 1 heterocycles. The highest BCUT2D eigenvalue weighted by Crippen LogP contribution is 2.53. The summed E-state index contributed by atoms with van der Waals surface area (Å²) in [5.74, 6) is 0.678. The van der Waals surface area contributed by atoms with Crippen LogP contribution in [0.4, 0.5) is 0 Å². The Kier molecular flexibility index (Phi) is 1.29. The Morgan fingerprint density at radius 2 is 2.40 bits per heavy atom. The van der Waals surface area contributed by atoms with E-state index in [1.54, 1.807) is 7.11 Å². The lowest BCUT2D eigenvalue weighted by molar-refractivity contribution is -0.118. The monoisotopic (exact) mass is 142 g/mol. The van der Waals surface area contributed by atoms with Crippen molar-refractivity contribution in [1.29, 1.82) is 0 Å². The van der Waals surface area contributed by atoms with E-state index in [4.69, 9.17) is 9.47 Å². The van der Waals surface area contributed by atoms with Crippen LogP contribution in [0.25, 0.3) is 0 Å². The summed E-state index contributed by atoms with van der Waals surface area (Å²) in [6.07, 6.45) is 2.70. The van der Waals surface area contributed by atoms with Crippen LogP contribution in [-0.4, -0.2) is 20.0 Å². The fourth-order valence-electron chi connectivity index (χ4n) is 2.07. The molecule has 0 spiro atoms. The lowest BCUT2D eigenvalue weighted by atomic mass is 9.63. The molecule has 0 aromatic carbocycles. The average molecular weight is 142 g/mol. The zero-order valence-corrected chi connectivity index (χ0v) is 6.59. The quantitative estimate of drug-likeness (QED) is 0.551. The smallest absolute Gasteiger partial charge is 0.160 e. The highest BCUT2D eigenvalue weighted by Gasteiger charge is 2.52. The summed E-state index contributed by atoms with van der Waals surface area (Å²) in [5.41, 5.74) is 0.459. The Bertz CT molecular complexity index is 146. The molecule has 2 aliphatic rings. The summed E-state index contributed by atoms with van der Waals surface area (Å²) in [5, 5.41) is 0. The molecule has 2 heteroatoms. The summed E-state index contributed by atoms with van der Waals surface area (Å²) in [4.78, 5) is 0. The van der Waals surface area contributed by atoms with E-state index in [9.17, 15) is 0 Å². The van der Waals surface area contributed by atoms with Crippen molar-refractivity contribution in [2.45, 2.75) is 26.1 Å². The van der Waals surface area contributed by atoms with Crippen LogP contribution in [0.5, 0.6) is 0 Å². The van der Waals surface area contributed by atoms with Crippen LogP contribution >= 0.6 is 0 Å². The van der Waals surface area contributed by atoms with Crippen LogP contribution in [0.15, 0.2) is 0 Å². The highest BCUT2D eigenvalue weighted by molar-refractivity contribution is 4.97. The van der Waals surface area contributed by atoms with Crippen molar-refractivity contribution in [1.82, 2.24) is 0 Å². The van der Waals surface area contributed by atoms with Gasteiger partial charge in [-0.2, -0.15) is 0 Å². The Labute approximate surface area is 61.5 Å². The molecular formula is C8H14O2. The first-order valence-corrected chi connectivity index (χ1v) is 3.91. The van der Waals surface area contributed by atoms with Crippen molar-refractivity contribution >= 4 is 0 Å². The summed E-state index contributed by atoms with van der Waals surface area (Å²) in [7, 11) is 1.73. The Morgan fingerprint density at radius 1 is 1.60 bits per heavy atom. The fraction of sp³-hybridized carbons (Fsp3) is 1.00. The SMILES string of the molecule is CO[C@H]1OC[C@]2(C)CC[C@H]12. The van der Waals surface area contributed by atoms with Gasteiger partial charge in [-0.05, 0) is 18.3 Å². The van der Waals surface area contributed by atoms with E-state index in [1.165, 1.54) is 12.8 Å². The van der Waals surface area contributed by atoms with Crippen LogP contribution < -0.4 is 0 Å². The molecule has 3 atom stereocenters. The summed E-state index contributed by atoms with van der Waals surface area (Å²) >= 11 is 0. The second-order valence-electron chi connectivity index (χ2n) is 3.71. The summed E-state index contributed by atoms with van der Waals surface area (Å²) in [6, 6.07) is 0. The molecular weight excluding hydrogens is 128 g/mol. The van der Waals surface area contributed by atoms with Gasteiger partial charge in [0, 0.05) is 13.0 Å². The molecule has 0 radical (unpaired) electrons. The van der Waals surface area contributed by atoms with Gasteiger partial charge in [-0.3, -0.25) is 0 Å². The maximum Gasteiger partial charge on any atom is 0.160 e. The molecule has 0 unspecified atom stereocenters. The number of fused-ring (bicyclic) bond motifs is 1. The number of methoxy groups -OCH3 is 1. The average Bonchev–Trinajstić information content (AvgIpc) is 2.12. The van der Waals surface area contributed by atoms with Gasteiger partial charge in [-0.15, -0.1) is 0 Å². The molecule has 0 bridgehead atoms. The van der Waals surface area contributed by atoms with Crippen molar-refractivity contribution in [2.24, 2.45) is 11.3 Å². The molecule has 0 aromatic rings. The molecule has 0 aromatic heterocycles. The third-order valence-corrected chi connectivity index (χ3v) is 3.06. The van der Waals surface area contributed by atoms with Gasteiger partial charge in [0.15, 0.2) is 6.29 Å². The Hall–Kier alpha value is -0.0800. The van der Waals surface area contributed by atoms with Crippen molar-refractivity contribution in [3.05, 3.63) is 0 Å². The van der Waals surface area contributed by atoms with Gasteiger partial charge >= 0.3 is 0 Å². The van der Waals surface area contributed by atoms with Crippen molar-refractivity contribution in [2.75, 3.05) is 13.7 Å². The van der Waals surface area contributed by atoms with Crippen molar-refractivity contribution in [3.63, 3.8) is 0 Å². The van der Waals surface area contributed by atoms with Gasteiger partial charge in [0.2, 0.25) is 0 Å². The van der Waals surface area contributed by atoms with Gasteiger partial charge < -0.3 is 9.47 Å². The van der Waals surface area contributed by atoms with E-state index in [1.807, 2.05) is 0 Å². The van der Waals surface area contributed by atoms with Gasteiger partial charge in [-0.1, -0.05) is 6.92 Å². The molecule has 2 rings (SSSR count). The topological polar surface area (TPSA) is 18.5 Å². The van der Waals surface area contributed by atoms with Crippen LogP contribution in [0, 0.1) is 11.3 Å². The number of hydrogen-bond acceptors (Lipinski definition) is 2. The van der Waals surface area contributed by atoms with Crippen LogP contribution in [0.3, 0.4) is 0 Å². The van der Waals surface area contributed by atoms with Crippen molar-refractivity contribution < 1.29 is 9.47 Å². The van der Waals surface area contributed by atoms with Gasteiger partial charge in [0.05, 0.1) is 6.61 Å². The minimum absolute atomic E-state index is 0.0961. The van der Waals surface area contributed by atoms with E-state index in [2.05, 4.69) is 6.92 Å². The second kappa shape index (κ2) is 1.95. The van der Waals surface area contributed by atoms with E-state index < -0.39 is 0 Å². The van der Waals surface area contributed by atoms with E-state index in [0.717, 1.165) is 6.61 Å². The van der Waals surface area contributed by atoms with Crippen molar-refractivity contribution in [3.8, 4) is 0 Å². The fourth-order valence-corrected chi connectivity index (χ4v) is 2.07. The molecule has 1 aliphatic heterocycles. The zero-order chi connectivity index (χ0) is 7.19. The standard InChI is InChI=1S/C8H14O2/c1-8-4-3-6(8)7(9-2)10-5-8/h6-7H,3-5H2,1-2H3/t6-,7+,8+/m1/s1. The summed E-state index contributed by atoms with van der Waals surface area (Å²) in [6.45, 7) is 3.19. The molecule has 1 aliphatic carbocycles. The lowest BCUT2D eigenvalue weighted by Gasteiger charge is -2.41. The third-order valence-electron chi connectivity index (χ3n) is 3.06. The first-order valence-electron chi connectivity index (χ1n) is 3.91. The van der Waals surface area contributed by atoms with E-state index >= 15 is 0 Å². The van der Waals surface area contributed by atoms with Crippen LogP contribution in [0.2, 0.25) is 0 Å². The van der Waals surface area contributed by atoms with Gasteiger partial charge in [0.25, 0.3) is 0 Å². The first kappa shape index (κ1) is 6.62. The van der Waals surface area contributed by atoms with E-state index in [-0.39, 0.29) is 6.29 Å². The number of hydrogen-bond donors (Lipinski definition) is 0. The maximum atomic E-state index is 5.47. The molecule has 0 N–H and O–H groups in total. The lowest BCUT2D eigenvalue weighted by Crippen LogP contribution is -2.39. The number of ether oxygens (including phenoxy) is 2. The Balaban J connectivity index is 2.07. The molecule has 1 saturated carbocycles. The molecule has 10 heavy (non-hydrogen) atoms. The third kappa shape index (κ3) is 0.663. The van der Waals surface area contributed by atoms with Gasteiger partial charge in [-0.25, -0.2) is 0 Å². The Morgan fingerprint density at radius 3 is 2.70 bits per heavy atom.